The number of imidazole rings is 1. The second kappa shape index (κ2) is 7.33. The van der Waals surface area contributed by atoms with Gasteiger partial charge in [-0.2, -0.15) is 5.26 Å². The number of nitrogens with zero attached hydrogens (tertiary/aromatic N) is 3. The van der Waals surface area contributed by atoms with Crippen LogP contribution in [0, 0.1) is 32.1 Å². The fraction of sp³-hybridized carbons (Fsp3) is 0.167. The van der Waals surface area contributed by atoms with Crippen LogP contribution >= 0.6 is 0 Å². The summed E-state index contributed by atoms with van der Waals surface area (Å²) in [5.74, 6) is 1.41. The average Bonchev–Trinajstić information content (AvgIpc) is 3.26. The van der Waals surface area contributed by atoms with Gasteiger partial charge in [-0.15, -0.1) is 0 Å². The van der Waals surface area contributed by atoms with Crippen molar-refractivity contribution in [3.63, 3.8) is 0 Å². The number of nitrogens with one attached hydrogen (secondary N) is 1. The minimum Gasteiger partial charge on any atom is -0.497 e. The summed E-state index contributed by atoms with van der Waals surface area (Å²) >= 11 is 0. The number of fused-ring (bicyclic) bond motifs is 1. The van der Waals surface area contributed by atoms with Crippen LogP contribution in [-0.4, -0.2) is 21.6 Å². The van der Waals surface area contributed by atoms with Gasteiger partial charge in [-0.3, -0.25) is 0 Å². The lowest BCUT2D eigenvalue weighted by Gasteiger charge is -2.10. The van der Waals surface area contributed by atoms with Crippen molar-refractivity contribution in [2.24, 2.45) is 0 Å². The third kappa shape index (κ3) is 3.41. The van der Waals surface area contributed by atoms with E-state index in [1.165, 1.54) is 0 Å². The molecule has 2 heterocycles. The van der Waals surface area contributed by atoms with Crippen molar-refractivity contribution in [2.45, 2.75) is 20.8 Å². The van der Waals surface area contributed by atoms with E-state index in [2.05, 4.69) is 40.5 Å². The minimum absolute atomic E-state index is 0.508. The Morgan fingerprint density at radius 3 is 2.55 bits per heavy atom. The van der Waals surface area contributed by atoms with Gasteiger partial charge in [-0.05, 0) is 80.4 Å². The number of aromatic nitrogens is 3. The number of benzene rings is 2. The molecule has 4 rings (SSSR count). The van der Waals surface area contributed by atoms with Crippen LogP contribution < -0.4 is 4.74 Å². The van der Waals surface area contributed by atoms with E-state index in [0.717, 1.165) is 45.0 Å². The monoisotopic (exact) mass is 382 g/mol. The maximum absolute atomic E-state index is 9.76. The molecule has 4 aromatic rings. The molecule has 0 fully saturated rings. The fourth-order valence-corrected chi connectivity index (χ4v) is 3.62. The summed E-state index contributed by atoms with van der Waals surface area (Å²) in [5.41, 5.74) is 7.65. The van der Waals surface area contributed by atoms with Gasteiger partial charge >= 0.3 is 0 Å². The van der Waals surface area contributed by atoms with Gasteiger partial charge in [0.15, 0.2) is 0 Å². The van der Waals surface area contributed by atoms with Crippen molar-refractivity contribution in [2.75, 3.05) is 7.11 Å². The zero-order chi connectivity index (χ0) is 20.5. The van der Waals surface area contributed by atoms with Crippen LogP contribution in [0.5, 0.6) is 5.75 Å². The number of aryl methyl sites for hydroxylation is 2. The summed E-state index contributed by atoms with van der Waals surface area (Å²) in [6, 6.07) is 18.4. The fourth-order valence-electron chi connectivity index (χ4n) is 3.62. The maximum Gasteiger partial charge on any atom is 0.149 e. The molecule has 0 aliphatic heterocycles. The topological polar surface area (TPSA) is 66.6 Å². The van der Waals surface area contributed by atoms with E-state index in [1.807, 2.05) is 55.5 Å². The van der Waals surface area contributed by atoms with E-state index < -0.39 is 0 Å². The first kappa shape index (κ1) is 18.6. The van der Waals surface area contributed by atoms with Gasteiger partial charge in [0, 0.05) is 17.1 Å². The number of aromatic amines is 1. The second-order valence-electron chi connectivity index (χ2n) is 7.14. The van der Waals surface area contributed by atoms with E-state index in [1.54, 1.807) is 7.11 Å². The highest BCUT2D eigenvalue weighted by molar-refractivity contribution is 5.91. The van der Waals surface area contributed by atoms with Gasteiger partial charge in [0.1, 0.15) is 17.6 Å². The summed E-state index contributed by atoms with van der Waals surface area (Å²) < 4.78 is 7.42. The SMILES string of the molecule is COc1ccc(-n2c(C)cc(/C=C(/C#N)c3nc4ccc(C)cc4[nH]3)c2C)cc1. The predicted octanol–water partition coefficient (Wildman–Crippen LogP) is 5.35. The molecule has 0 bridgehead atoms. The minimum atomic E-state index is 0.508. The molecule has 0 aliphatic carbocycles. The molecule has 0 aliphatic rings. The summed E-state index contributed by atoms with van der Waals surface area (Å²) in [6.07, 6.45) is 1.90. The van der Waals surface area contributed by atoms with Crippen molar-refractivity contribution in [3.05, 3.63) is 76.9 Å². The highest BCUT2D eigenvalue weighted by Gasteiger charge is 2.13. The lowest BCUT2D eigenvalue weighted by Crippen LogP contribution is -1.99. The molecular formula is C24H22N4O. The molecule has 0 saturated carbocycles. The Labute approximate surface area is 169 Å². The predicted molar refractivity (Wildman–Crippen MR) is 116 cm³/mol. The molecule has 0 spiro atoms. The zero-order valence-electron chi connectivity index (χ0n) is 16.9. The molecule has 0 saturated heterocycles. The first-order chi connectivity index (χ1) is 14.0. The van der Waals surface area contributed by atoms with Gasteiger partial charge in [0.05, 0.1) is 23.7 Å². The van der Waals surface area contributed by atoms with Gasteiger partial charge in [-0.1, -0.05) is 6.07 Å². The van der Waals surface area contributed by atoms with Crippen LogP contribution in [0.25, 0.3) is 28.4 Å². The molecule has 5 heteroatoms. The molecular weight excluding hydrogens is 360 g/mol. The highest BCUT2D eigenvalue weighted by Crippen LogP contribution is 2.26. The summed E-state index contributed by atoms with van der Waals surface area (Å²) in [4.78, 5) is 7.86. The third-order valence-corrected chi connectivity index (χ3v) is 5.11. The van der Waals surface area contributed by atoms with Crippen molar-refractivity contribution < 1.29 is 4.74 Å². The van der Waals surface area contributed by atoms with Crippen LogP contribution in [0.15, 0.2) is 48.5 Å². The van der Waals surface area contributed by atoms with Crippen molar-refractivity contribution in [3.8, 4) is 17.5 Å². The molecule has 29 heavy (non-hydrogen) atoms. The van der Waals surface area contributed by atoms with Crippen molar-refractivity contribution in [1.29, 1.82) is 5.26 Å². The van der Waals surface area contributed by atoms with Gasteiger partial charge in [-0.25, -0.2) is 4.98 Å². The molecule has 0 radical (unpaired) electrons. The Bertz CT molecular complexity index is 1270. The Balaban J connectivity index is 1.76. The summed E-state index contributed by atoms with van der Waals surface area (Å²) in [6.45, 7) is 6.15. The van der Waals surface area contributed by atoms with E-state index >= 15 is 0 Å². The number of nitriles is 1. The van der Waals surface area contributed by atoms with Crippen molar-refractivity contribution in [1.82, 2.24) is 14.5 Å². The average molecular weight is 382 g/mol. The van der Waals surface area contributed by atoms with Gasteiger partial charge in [0.25, 0.3) is 0 Å². The molecule has 2 aromatic carbocycles. The number of hydrogen-bond donors (Lipinski definition) is 1. The molecule has 0 amide bonds. The van der Waals surface area contributed by atoms with Crippen LogP contribution in [-0.2, 0) is 0 Å². The molecule has 144 valence electrons. The quantitative estimate of drug-likeness (QED) is 0.484. The smallest absolute Gasteiger partial charge is 0.149 e. The van der Waals surface area contributed by atoms with Crippen molar-refractivity contribution >= 4 is 22.7 Å². The lowest BCUT2D eigenvalue weighted by atomic mass is 10.1. The largest absolute Gasteiger partial charge is 0.497 e. The van der Waals surface area contributed by atoms with Crippen LogP contribution in [0.1, 0.15) is 28.3 Å². The molecule has 0 atom stereocenters. The maximum atomic E-state index is 9.76. The summed E-state index contributed by atoms with van der Waals surface area (Å²) in [5, 5.41) is 9.76. The Hall–Kier alpha value is -3.78. The second-order valence-corrected chi connectivity index (χ2v) is 7.14. The number of hydrogen-bond acceptors (Lipinski definition) is 3. The van der Waals surface area contributed by atoms with Gasteiger partial charge in [0.2, 0.25) is 0 Å². The molecule has 1 N–H and O–H groups in total. The Morgan fingerprint density at radius 2 is 1.86 bits per heavy atom. The van der Waals surface area contributed by atoms with E-state index in [9.17, 15) is 5.26 Å². The van der Waals surface area contributed by atoms with E-state index in [-0.39, 0.29) is 0 Å². The van der Waals surface area contributed by atoms with E-state index in [4.69, 9.17) is 4.74 Å². The first-order valence-electron chi connectivity index (χ1n) is 9.42. The lowest BCUT2D eigenvalue weighted by molar-refractivity contribution is 0.414. The number of rotatable bonds is 4. The normalized spacial score (nSPS) is 11.6. The third-order valence-electron chi connectivity index (χ3n) is 5.11. The highest BCUT2D eigenvalue weighted by atomic mass is 16.5. The standard InChI is InChI=1S/C24H22N4O/c1-15-5-10-22-23(11-15)27-24(26-22)19(14-25)13-18-12-16(2)28(17(18)3)20-6-8-21(29-4)9-7-20/h5-13H,1-4H3,(H,26,27)/b19-13-. The van der Waals surface area contributed by atoms with E-state index in [0.29, 0.717) is 11.4 Å². The number of H-pyrrole nitrogens is 1. The molecule has 0 unspecified atom stereocenters. The Morgan fingerprint density at radius 1 is 1.10 bits per heavy atom. The molecule has 2 aromatic heterocycles. The zero-order valence-corrected chi connectivity index (χ0v) is 16.9. The van der Waals surface area contributed by atoms with Crippen LogP contribution in [0.2, 0.25) is 0 Å². The van der Waals surface area contributed by atoms with Gasteiger partial charge < -0.3 is 14.3 Å². The van der Waals surface area contributed by atoms with Crippen LogP contribution in [0.4, 0.5) is 0 Å². The number of ether oxygens (including phenoxy) is 1. The van der Waals surface area contributed by atoms with Crippen LogP contribution in [0.3, 0.4) is 0 Å². The summed E-state index contributed by atoms with van der Waals surface area (Å²) in [7, 11) is 1.66. The molecule has 5 nitrogen and oxygen atoms in total. The first-order valence-corrected chi connectivity index (χ1v) is 9.42. The number of allylic oxidation sites excluding steroid dienone is 1. The Kier molecular flexibility index (Phi) is 4.69. The number of methoxy groups -OCH3 is 1.